The Morgan fingerprint density at radius 1 is 1.55 bits per heavy atom. The fraction of sp³-hybridized carbons (Fsp3) is 0.538. The van der Waals surface area contributed by atoms with Crippen LogP contribution in [0.2, 0.25) is 0 Å². The maximum atomic E-state index is 5.14. The summed E-state index contributed by atoms with van der Waals surface area (Å²) in [7, 11) is 3.66. The monoisotopic (exact) mass is 358 g/mol. The average molecular weight is 359 g/mol. The maximum absolute atomic E-state index is 5.14. The number of likely N-dealkylation sites (N-methyl/N-ethyl adjacent to an activating group) is 1. The van der Waals surface area contributed by atoms with E-state index < -0.39 is 0 Å². The average Bonchev–Trinajstić information content (AvgIpc) is 3.00. The van der Waals surface area contributed by atoms with Crippen LogP contribution in [0.15, 0.2) is 16.0 Å². The quantitative estimate of drug-likeness (QED) is 0.826. The highest BCUT2D eigenvalue weighted by Gasteiger charge is 2.20. The van der Waals surface area contributed by atoms with E-state index in [4.69, 9.17) is 4.74 Å². The molecule has 0 fully saturated rings. The molecule has 20 heavy (non-hydrogen) atoms. The van der Waals surface area contributed by atoms with Crippen LogP contribution in [0, 0.1) is 6.92 Å². The number of aromatic nitrogens is 3. The Balaban J connectivity index is 2.20. The summed E-state index contributed by atoms with van der Waals surface area (Å²) in [6.07, 6.45) is 2.69. The van der Waals surface area contributed by atoms with E-state index in [2.05, 4.69) is 36.7 Å². The normalized spacial score (nSPS) is 12.8. The fourth-order valence-corrected chi connectivity index (χ4v) is 3.47. The predicted octanol–water partition coefficient (Wildman–Crippen LogP) is 2.56. The number of aryl methyl sites for hydroxylation is 1. The van der Waals surface area contributed by atoms with Crippen molar-refractivity contribution < 1.29 is 4.74 Å². The molecule has 2 heterocycles. The summed E-state index contributed by atoms with van der Waals surface area (Å²) in [6, 6.07) is 0.175. The Kier molecular flexibility index (Phi) is 5.71. The Hall–Kier alpha value is -0.760. The Labute approximate surface area is 131 Å². The topological polar surface area (TPSA) is 52.0 Å². The molecule has 2 rings (SSSR count). The number of thiazole rings is 1. The van der Waals surface area contributed by atoms with Gasteiger partial charge in [0.1, 0.15) is 0 Å². The minimum absolute atomic E-state index is 0.175. The van der Waals surface area contributed by atoms with Gasteiger partial charge >= 0.3 is 0 Å². The molecule has 1 unspecified atom stereocenters. The van der Waals surface area contributed by atoms with Crippen molar-refractivity contribution in [2.45, 2.75) is 25.9 Å². The smallest absolute Gasteiger partial charge is 0.0947 e. The Bertz CT molecular complexity index is 554. The molecule has 2 aromatic heterocycles. The van der Waals surface area contributed by atoms with Gasteiger partial charge in [-0.2, -0.15) is 5.10 Å². The Morgan fingerprint density at radius 2 is 2.35 bits per heavy atom. The molecule has 0 aromatic carbocycles. The van der Waals surface area contributed by atoms with Crippen molar-refractivity contribution >= 4 is 27.3 Å². The van der Waals surface area contributed by atoms with Crippen molar-refractivity contribution in [3.05, 3.63) is 32.4 Å². The van der Waals surface area contributed by atoms with Gasteiger partial charge in [-0.3, -0.25) is 4.68 Å². The van der Waals surface area contributed by atoms with Crippen molar-refractivity contribution in [3.63, 3.8) is 0 Å². The summed E-state index contributed by atoms with van der Waals surface area (Å²) in [5.74, 6) is 0. The molecule has 0 radical (unpaired) electrons. The molecule has 7 heteroatoms. The molecule has 5 nitrogen and oxygen atoms in total. The first-order valence-electron chi connectivity index (χ1n) is 6.44. The first-order chi connectivity index (χ1) is 9.65. The highest BCUT2D eigenvalue weighted by molar-refractivity contribution is 9.10. The molecule has 110 valence electrons. The van der Waals surface area contributed by atoms with Gasteiger partial charge in [-0.1, -0.05) is 0 Å². The number of rotatable bonds is 7. The van der Waals surface area contributed by atoms with Crippen LogP contribution in [0.4, 0.5) is 0 Å². The summed E-state index contributed by atoms with van der Waals surface area (Å²) >= 11 is 5.29. The molecular formula is C13H19BrN4OS. The molecule has 0 amide bonds. The van der Waals surface area contributed by atoms with E-state index in [1.54, 1.807) is 18.4 Å². The van der Waals surface area contributed by atoms with Gasteiger partial charge in [-0.15, -0.1) is 11.3 Å². The number of ether oxygens (including phenoxy) is 1. The van der Waals surface area contributed by atoms with Gasteiger partial charge in [0.2, 0.25) is 0 Å². The maximum Gasteiger partial charge on any atom is 0.0947 e. The van der Waals surface area contributed by atoms with Crippen LogP contribution in [0.3, 0.4) is 0 Å². The highest BCUT2D eigenvalue weighted by Crippen LogP contribution is 2.27. The van der Waals surface area contributed by atoms with Crippen molar-refractivity contribution in [2.75, 3.05) is 20.8 Å². The van der Waals surface area contributed by atoms with E-state index in [0.717, 1.165) is 33.8 Å². The lowest BCUT2D eigenvalue weighted by Crippen LogP contribution is -2.23. The van der Waals surface area contributed by atoms with Gasteiger partial charge in [-0.05, 0) is 29.9 Å². The Morgan fingerprint density at radius 3 is 2.95 bits per heavy atom. The number of hydrogen-bond donors (Lipinski definition) is 1. The summed E-state index contributed by atoms with van der Waals surface area (Å²) in [5.41, 5.74) is 2.21. The predicted molar refractivity (Wildman–Crippen MR) is 84.2 cm³/mol. The van der Waals surface area contributed by atoms with Gasteiger partial charge in [0.15, 0.2) is 0 Å². The highest BCUT2D eigenvalue weighted by atomic mass is 79.9. The van der Waals surface area contributed by atoms with Crippen LogP contribution < -0.4 is 5.32 Å². The molecule has 2 aromatic rings. The molecule has 1 atom stereocenters. The van der Waals surface area contributed by atoms with Crippen LogP contribution in [0.5, 0.6) is 0 Å². The molecule has 0 aliphatic carbocycles. The van der Waals surface area contributed by atoms with Crippen LogP contribution in [0.25, 0.3) is 0 Å². The first kappa shape index (κ1) is 15.6. The van der Waals surface area contributed by atoms with Crippen molar-refractivity contribution in [3.8, 4) is 0 Å². The van der Waals surface area contributed by atoms with Crippen molar-refractivity contribution in [1.29, 1.82) is 0 Å². The lowest BCUT2D eigenvalue weighted by Gasteiger charge is -2.17. The van der Waals surface area contributed by atoms with E-state index in [9.17, 15) is 0 Å². The lowest BCUT2D eigenvalue weighted by atomic mass is 10.1. The number of nitrogens with zero attached hydrogens (tertiary/aromatic N) is 3. The van der Waals surface area contributed by atoms with Crippen LogP contribution in [-0.2, 0) is 17.7 Å². The van der Waals surface area contributed by atoms with Crippen molar-refractivity contribution in [2.24, 2.45) is 0 Å². The van der Waals surface area contributed by atoms with Gasteiger partial charge < -0.3 is 10.1 Å². The van der Waals surface area contributed by atoms with E-state index in [0.29, 0.717) is 6.61 Å². The zero-order valence-electron chi connectivity index (χ0n) is 11.9. The lowest BCUT2D eigenvalue weighted by molar-refractivity contribution is 0.181. The number of methoxy groups -OCH3 is 1. The zero-order valence-corrected chi connectivity index (χ0v) is 14.3. The van der Waals surface area contributed by atoms with Gasteiger partial charge in [0.05, 0.1) is 40.6 Å². The SMILES string of the molecule is CNC(Cc1nc(C)cs1)c1c(Br)cnn1CCOC. The molecule has 0 spiro atoms. The van der Waals surface area contributed by atoms with Crippen molar-refractivity contribution in [1.82, 2.24) is 20.1 Å². The first-order valence-corrected chi connectivity index (χ1v) is 8.11. The molecule has 0 saturated heterocycles. The third-order valence-electron chi connectivity index (χ3n) is 3.06. The standard InChI is InChI=1S/C13H19BrN4OS/c1-9-8-20-12(17-9)6-11(15-2)13-10(14)7-16-18(13)4-5-19-3/h7-8,11,15H,4-6H2,1-3H3. The van der Waals surface area contributed by atoms with E-state index >= 15 is 0 Å². The summed E-state index contributed by atoms with van der Waals surface area (Å²) in [5, 5.41) is 11.0. The van der Waals surface area contributed by atoms with E-state index in [1.807, 2.05) is 24.9 Å². The summed E-state index contributed by atoms with van der Waals surface area (Å²) < 4.78 is 8.13. The molecular weight excluding hydrogens is 340 g/mol. The second-order valence-electron chi connectivity index (χ2n) is 4.52. The third kappa shape index (κ3) is 3.66. The second-order valence-corrected chi connectivity index (χ2v) is 6.32. The van der Waals surface area contributed by atoms with Gasteiger partial charge in [0.25, 0.3) is 0 Å². The molecule has 0 aliphatic rings. The van der Waals surface area contributed by atoms with Crippen LogP contribution >= 0.6 is 27.3 Å². The molecule has 1 N–H and O–H groups in total. The summed E-state index contributed by atoms with van der Waals surface area (Å²) in [4.78, 5) is 4.54. The van der Waals surface area contributed by atoms with Crippen LogP contribution in [0.1, 0.15) is 22.4 Å². The number of hydrogen-bond acceptors (Lipinski definition) is 5. The second kappa shape index (κ2) is 7.31. The minimum atomic E-state index is 0.175. The summed E-state index contributed by atoms with van der Waals surface area (Å²) in [6.45, 7) is 3.41. The number of halogens is 1. The fourth-order valence-electron chi connectivity index (χ4n) is 2.08. The minimum Gasteiger partial charge on any atom is -0.383 e. The number of nitrogens with one attached hydrogen (secondary N) is 1. The molecule has 0 bridgehead atoms. The van der Waals surface area contributed by atoms with Crippen LogP contribution in [-0.4, -0.2) is 35.5 Å². The zero-order chi connectivity index (χ0) is 14.5. The van der Waals surface area contributed by atoms with Gasteiger partial charge in [0, 0.05) is 24.6 Å². The van der Waals surface area contributed by atoms with E-state index in [-0.39, 0.29) is 6.04 Å². The molecule has 0 saturated carbocycles. The largest absolute Gasteiger partial charge is 0.383 e. The third-order valence-corrected chi connectivity index (χ3v) is 4.66. The van der Waals surface area contributed by atoms with E-state index in [1.165, 1.54) is 0 Å². The molecule has 0 aliphatic heterocycles. The van der Waals surface area contributed by atoms with Gasteiger partial charge in [-0.25, -0.2) is 4.98 Å².